The van der Waals surface area contributed by atoms with E-state index in [0.29, 0.717) is 24.3 Å². The normalized spacial score (nSPS) is 14.7. The summed E-state index contributed by atoms with van der Waals surface area (Å²) < 4.78 is 5.69. The molecule has 4 heteroatoms. The van der Waals surface area contributed by atoms with Crippen LogP contribution in [0.2, 0.25) is 0 Å². The van der Waals surface area contributed by atoms with E-state index in [2.05, 4.69) is 18.7 Å². The molecule has 116 valence electrons. The molecule has 1 saturated carbocycles. The molecule has 2 rings (SSSR count). The summed E-state index contributed by atoms with van der Waals surface area (Å²) >= 11 is 0. The number of rotatable bonds is 9. The minimum Gasteiger partial charge on any atom is -0.491 e. The number of para-hydroxylation sites is 1. The Hall–Kier alpha value is -1.55. The maximum atomic E-state index is 11.1. The van der Waals surface area contributed by atoms with Crippen molar-refractivity contribution in [1.82, 2.24) is 4.90 Å². The monoisotopic (exact) mass is 291 g/mol. The molecule has 1 fully saturated rings. The van der Waals surface area contributed by atoms with Crippen LogP contribution in [0.5, 0.6) is 5.75 Å². The lowest BCUT2D eigenvalue weighted by Gasteiger charge is -2.23. The van der Waals surface area contributed by atoms with Crippen molar-refractivity contribution in [1.29, 1.82) is 0 Å². The minimum atomic E-state index is -0.940. The third kappa shape index (κ3) is 5.05. The highest BCUT2D eigenvalue weighted by atomic mass is 16.5. The van der Waals surface area contributed by atoms with Crippen molar-refractivity contribution in [2.75, 3.05) is 19.7 Å². The van der Waals surface area contributed by atoms with Gasteiger partial charge < -0.3 is 9.84 Å². The standard InChI is InChI=1S/C17H25NO3/c1-13(2)9-10-18(14-7-8-14)11-12-21-16-6-4-3-5-15(16)17(19)20/h3-6,13-14H,7-12H2,1-2H3,(H,19,20). The van der Waals surface area contributed by atoms with Crippen LogP contribution < -0.4 is 4.74 Å². The van der Waals surface area contributed by atoms with Gasteiger partial charge in [-0.1, -0.05) is 26.0 Å². The Kier molecular flexibility index (Phi) is 5.62. The van der Waals surface area contributed by atoms with E-state index in [-0.39, 0.29) is 5.56 Å². The molecule has 1 aliphatic carbocycles. The summed E-state index contributed by atoms with van der Waals surface area (Å²) in [4.78, 5) is 13.6. The number of benzene rings is 1. The van der Waals surface area contributed by atoms with Gasteiger partial charge in [-0.2, -0.15) is 0 Å². The van der Waals surface area contributed by atoms with Crippen LogP contribution in [-0.2, 0) is 0 Å². The fourth-order valence-electron chi connectivity index (χ4n) is 2.38. The fourth-order valence-corrected chi connectivity index (χ4v) is 2.38. The quantitative estimate of drug-likeness (QED) is 0.758. The second-order valence-electron chi connectivity index (χ2n) is 6.10. The largest absolute Gasteiger partial charge is 0.491 e. The predicted molar refractivity (Wildman–Crippen MR) is 82.9 cm³/mol. The van der Waals surface area contributed by atoms with Gasteiger partial charge in [-0.3, -0.25) is 4.90 Å². The summed E-state index contributed by atoms with van der Waals surface area (Å²) in [5.74, 6) is 0.231. The highest BCUT2D eigenvalue weighted by Crippen LogP contribution is 2.27. The summed E-state index contributed by atoms with van der Waals surface area (Å²) in [6, 6.07) is 7.53. The van der Waals surface area contributed by atoms with Crippen LogP contribution in [0, 0.1) is 5.92 Å². The summed E-state index contributed by atoms with van der Waals surface area (Å²) in [6.45, 7) is 6.99. The second-order valence-corrected chi connectivity index (χ2v) is 6.10. The van der Waals surface area contributed by atoms with Gasteiger partial charge in [-0.15, -0.1) is 0 Å². The lowest BCUT2D eigenvalue weighted by Crippen LogP contribution is -2.32. The van der Waals surface area contributed by atoms with Gasteiger partial charge in [0.1, 0.15) is 17.9 Å². The molecule has 4 nitrogen and oxygen atoms in total. The smallest absolute Gasteiger partial charge is 0.339 e. The number of carboxylic acids is 1. The van der Waals surface area contributed by atoms with Crippen molar-refractivity contribution in [3.8, 4) is 5.75 Å². The van der Waals surface area contributed by atoms with E-state index < -0.39 is 5.97 Å². The van der Waals surface area contributed by atoms with E-state index in [4.69, 9.17) is 9.84 Å². The van der Waals surface area contributed by atoms with Crippen molar-refractivity contribution in [3.63, 3.8) is 0 Å². The zero-order chi connectivity index (χ0) is 15.2. The molecule has 0 saturated heterocycles. The molecule has 0 spiro atoms. The first kappa shape index (κ1) is 15.8. The molecule has 1 aliphatic rings. The van der Waals surface area contributed by atoms with Crippen LogP contribution in [-0.4, -0.2) is 41.7 Å². The number of carboxylic acid groups (broad SMARTS) is 1. The number of nitrogens with zero attached hydrogens (tertiary/aromatic N) is 1. The number of ether oxygens (including phenoxy) is 1. The molecule has 0 unspecified atom stereocenters. The molecule has 0 amide bonds. The topological polar surface area (TPSA) is 49.8 Å². The SMILES string of the molecule is CC(C)CCN(CCOc1ccccc1C(=O)O)C1CC1. The van der Waals surface area contributed by atoms with E-state index >= 15 is 0 Å². The molecule has 0 bridgehead atoms. The molecule has 21 heavy (non-hydrogen) atoms. The number of hydrogen-bond acceptors (Lipinski definition) is 3. The zero-order valence-electron chi connectivity index (χ0n) is 12.9. The van der Waals surface area contributed by atoms with Gasteiger partial charge >= 0.3 is 5.97 Å². The molecule has 1 aromatic carbocycles. The lowest BCUT2D eigenvalue weighted by atomic mass is 10.1. The highest BCUT2D eigenvalue weighted by molar-refractivity contribution is 5.90. The molecular formula is C17H25NO3. The van der Waals surface area contributed by atoms with Gasteiger partial charge in [0.05, 0.1) is 0 Å². The minimum absolute atomic E-state index is 0.234. The van der Waals surface area contributed by atoms with E-state index in [0.717, 1.165) is 13.1 Å². The van der Waals surface area contributed by atoms with Crippen LogP contribution >= 0.6 is 0 Å². The molecule has 0 aromatic heterocycles. The average Bonchev–Trinajstić information content (AvgIpc) is 3.27. The summed E-state index contributed by atoms with van der Waals surface area (Å²) in [6.07, 6.45) is 3.76. The first-order valence-electron chi connectivity index (χ1n) is 7.77. The van der Waals surface area contributed by atoms with E-state index in [1.165, 1.54) is 19.3 Å². The molecule has 0 heterocycles. The first-order chi connectivity index (χ1) is 10.1. The number of aromatic carboxylic acids is 1. The first-order valence-corrected chi connectivity index (χ1v) is 7.77. The molecule has 1 N–H and O–H groups in total. The Morgan fingerprint density at radius 2 is 2.05 bits per heavy atom. The van der Waals surface area contributed by atoms with Crippen molar-refractivity contribution in [3.05, 3.63) is 29.8 Å². The second kappa shape index (κ2) is 7.46. The molecular weight excluding hydrogens is 266 g/mol. The van der Waals surface area contributed by atoms with Gasteiger partial charge in [0, 0.05) is 12.6 Å². The molecule has 0 aliphatic heterocycles. The fraction of sp³-hybridized carbons (Fsp3) is 0.588. The average molecular weight is 291 g/mol. The van der Waals surface area contributed by atoms with E-state index in [1.807, 2.05) is 0 Å². The summed E-state index contributed by atoms with van der Waals surface area (Å²) in [7, 11) is 0. The lowest BCUT2D eigenvalue weighted by molar-refractivity contribution is 0.0691. The zero-order valence-corrected chi connectivity index (χ0v) is 12.9. The number of hydrogen-bond donors (Lipinski definition) is 1. The Balaban J connectivity index is 1.83. The molecule has 0 radical (unpaired) electrons. The highest BCUT2D eigenvalue weighted by Gasteiger charge is 2.28. The van der Waals surface area contributed by atoms with Crippen LogP contribution in [0.4, 0.5) is 0 Å². The van der Waals surface area contributed by atoms with Crippen LogP contribution in [0.3, 0.4) is 0 Å². The maximum absolute atomic E-state index is 11.1. The van der Waals surface area contributed by atoms with Crippen LogP contribution in [0.15, 0.2) is 24.3 Å². The Morgan fingerprint density at radius 3 is 2.67 bits per heavy atom. The van der Waals surface area contributed by atoms with Gasteiger partial charge in [-0.25, -0.2) is 4.79 Å². The number of carbonyl (C=O) groups is 1. The van der Waals surface area contributed by atoms with Crippen LogP contribution in [0.1, 0.15) is 43.5 Å². The van der Waals surface area contributed by atoms with Crippen LogP contribution in [0.25, 0.3) is 0 Å². The van der Waals surface area contributed by atoms with Crippen molar-refractivity contribution >= 4 is 5.97 Å². The van der Waals surface area contributed by atoms with Gasteiger partial charge in [0.25, 0.3) is 0 Å². The van der Waals surface area contributed by atoms with Gasteiger partial charge in [0.2, 0.25) is 0 Å². The van der Waals surface area contributed by atoms with Crippen molar-refractivity contribution < 1.29 is 14.6 Å². The summed E-state index contributed by atoms with van der Waals surface area (Å²) in [5.41, 5.74) is 0.234. The third-order valence-electron chi connectivity index (χ3n) is 3.81. The van der Waals surface area contributed by atoms with E-state index in [9.17, 15) is 4.79 Å². The van der Waals surface area contributed by atoms with Gasteiger partial charge in [0.15, 0.2) is 0 Å². The van der Waals surface area contributed by atoms with Crippen molar-refractivity contribution in [2.45, 2.75) is 39.2 Å². The van der Waals surface area contributed by atoms with Crippen molar-refractivity contribution in [2.24, 2.45) is 5.92 Å². The predicted octanol–water partition coefficient (Wildman–Crippen LogP) is 3.27. The molecule has 1 aromatic rings. The van der Waals surface area contributed by atoms with E-state index in [1.54, 1.807) is 24.3 Å². The third-order valence-corrected chi connectivity index (χ3v) is 3.81. The molecule has 0 atom stereocenters. The van der Waals surface area contributed by atoms with Gasteiger partial charge in [-0.05, 0) is 43.9 Å². The Morgan fingerprint density at radius 1 is 1.33 bits per heavy atom. The Bertz CT molecular complexity index is 469. The Labute approximate surface area is 126 Å². The maximum Gasteiger partial charge on any atom is 0.339 e. The summed E-state index contributed by atoms with van der Waals surface area (Å²) in [5, 5.41) is 9.13.